The summed E-state index contributed by atoms with van der Waals surface area (Å²) in [6, 6.07) is 5.57. The molecular formula is C35H33ClF3N9O3S. The van der Waals surface area contributed by atoms with Crippen LogP contribution in [0.4, 0.5) is 23.0 Å². The van der Waals surface area contributed by atoms with Gasteiger partial charge < -0.3 is 20.1 Å². The van der Waals surface area contributed by atoms with E-state index >= 15 is 4.39 Å². The number of ether oxygens (including phenoxy) is 2. The number of benzene rings is 2. The number of aryl methyl sites for hydroxylation is 1. The van der Waals surface area contributed by atoms with Crippen molar-refractivity contribution in [2.75, 3.05) is 38.5 Å². The second-order valence-corrected chi connectivity index (χ2v) is 15.0. The van der Waals surface area contributed by atoms with Gasteiger partial charge in [-0.2, -0.15) is 19.9 Å². The summed E-state index contributed by atoms with van der Waals surface area (Å²) in [5.74, 6) is -0.946. The van der Waals surface area contributed by atoms with Gasteiger partial charge in [0.25, 0.3) is 0 Å². The summed E-state index contributed by atoms with van der Waals surface area (Å²) in [4.78, 5) is 30.0. The van der Waals surface area contributed by atoms with Gasteiger partial charge in [0.15, 0.2) is 5.82 Å². The van der Waals surface area contributed by atoms with Crippen LogP contribution in [0.1, 0.15) is 49.9 Å². The van der Waals surface area contributed by atoms with Crippen molar-refractivity contribution < 1.29 is 27.4 Å². The Bertz CT molecular complexity index is 2280. The number of halogens is 4. The molecular weight excluding hydrogens is 719 g/mol. The number of amides is 1. The molecule has 3 aliphatic heterocycles. The number of nitrogens with two attached hydrogens (primary N) is 1. The van der Waals surface area contributed by atoms with Crippen molar-refractivity contribution in [1.29, 1.82) is 5.26 Å². The van der Waals surface area contributed by atoms with Crippen LogP contribution in [0.3, 0.4) is 0 Å². The Balaban J connectivity index is 1.18. The van der Waals surface area contributed by atoms with Crippen molar-refractivity contribution in [2.24, 2.45) is 0 Å². The van der Waals surface area contributed by atoms with E-state index in [1.54, 1.807) is 11.8 Å². The van der Waals surface area contributed by atoms with E-state index in [-0.39, 0.29) is 72.2 Å². The molecule has 3 aliphatic rings. The van der Waals surface area contributed by atoms with E-state index in [1.807, 2.05) is 6.07 Å². The number of thiophene rings is 1. The first kappa shape index (κ1) is 34.4. The van der Waals surface area contributed by atoms with E-state index in [0.29, 0.717) is 51.1 Å². The normalized spacial score (nSPS) is 22.1. The molecule has 0 radical (unpaired) electrons. The van der Waals surface area contributed by atoms with Gasteiger partial charge in [0.2, 0.25) is 5.88 Å². The van der Waals surface area contributed by atoms with Crippen LogP contribution in [0.25, 0.3) is 32.1 Å². The molecule has 12 nitrogen and oxygen atoms in total. The highest BCUT2D eigenvalue weighted by Crippen LogP contribution is 2.46. The Morgan fingerprint density at radius 3 is 2.85 bits per heavy atom. The number of fused-ring (bicyclic) bond motifs is 3. The molecule has 0 aliphatic carbocycles. The Kier molecular flexibility index (Phi) is 8.83. The minimum Gasteiger partial charge on any atom is -0.474 e. The fourth-order valence-electron chi connectivity index (χ4n) is 7.82. The molecule has 17 heteroatoms. The summed E-state index contributed by atoms with van der Waals surface area (Å²) in [6.07, 6.45) is 3.57. The average Bonchev–Trinajstić information content (AvgIpc) is 3.84. The van der Waals surface area contributed by atoms with Crippen LogP contribution >= 0.6 is 22.9 Å². The fraction of sp³-hybridized carbons (Fsp3) is 0.429. The molecule has 2 N–H and O–H groups in total. The molecule has 0 saturated carbocycles. The lowest BCUT2D eigenvalue weighted by atomic mass is 9.95. The Morgan fingerprint density at radius 1 is 1.21 bits per heavy atom. The molecule has 0 bridgehead atoms. The van der Waals surface area contributed by atoms with Crippen LogP contribution in [0.15, 0.2) is 24.5 Å². The van der Waals surface area contributed by atoms with Crippen LogP contribution in [0.2, 0.25) is 5.02 Å². The number of likely N-dealkylation sites (tertiary alicyclic amines) is 1. The number of hydrogen-bond acceptors (Lipinski definition) is 11. The first-order chi connectivity index (χ1) is 25.0. The third-order valence-electron chi connectivity index (χ3n) is 10.3. The number of alkyl halides is 1. The summed E-state index contributed by atoms with van der Waals surface area (Å²) in [5, 5.41) is 14.4. The molecule has 8 rings (SSSR count). The van der Waals surface area contributed by atoms with Gasteiger partial charge in [-0.25, -0.2) is 22.9 Å². The van der Waals surface area contributed by atoms with E-state index < -0.39 is 29.4 Å². The van der Waals surface area contributed by atoms with Gasteiger partial charge in [-0.1, -0.05) is 17.7 Å². The molecule has 1 unspecified atom stereocenters. The van der Waals surface area contributed by atoms with Crippen LogP contribution in [0.5, 0.6) is 11.9 Å². The largest absolute Gasteiger partial charge is 0.474 e. The molecule has 270 valence electrons. The summed E-state index contributed by atoms with van der Waals surface area (Å²) in [5.41, 5.74) is 5.47. The molecule has 1 amide bonds. The predicted octanol–water partition coefficient (Wildman–Crippen LogP) is 6.65. The van der Waals surface area contributed by atoms with Gasteiger partial charge >= 0.3 is 12.0 Å². The van der Waals surface area contributed by atoms with E-state index in [9.17, 15) is 18.8 Å². The first-order valence-electron chi connectivity index (χ1n) is 17.0. The van der Waals surface area contributed by atoms with Gasteiger partial charge in [-0.15, -0.1) is 16.4 Å². The molecule has 6 heterocycles. The zero-order chi connectivity index (χ0) is 36.3. The lowest BCUT2D eigenvalue weighted by Gasteiger charge is -2.30. The Labute approximate surface area is 304 Å². The predicted molar refractivity (Wildman–Crippen MR) is 188 cm³/mol. The highest BCUT2D eigenvalue weighted by atomic mass is 35.5. The van der Waals surface area contributed by atoms with Crippen LogP contribution in [-0.4, -0.2) is 91.2 Å². The zero-order valence-electron chi connectivity index (χ0n) is 28.0. The van der Waals surface area contributed by atoms with Gasteiger partial charge in [0.1, 0.15) is 53.4 Å². The van der Waals surface area contributed by atoms with Gasteiger partial charge in [-0.3, -0.25) is 4.90 Å². The summed E-state index contributed by atoms with van der Waals surface area (Å²) < 4.78 is 60.4. The third-order valence-corrected chi connectivity index (χ3v) is 11.6. The summed E-state index contributed by atoms with van der Waals surface area (Å²) in [6.45, 7) is 3.72. The first-order valence-corrected chi connectivity index (χ1v) is 18.2. The van der Waals surface area contributed by atoms with Gasteiger partial charge in [-0.05, 0) is 56.8 Å². The van der Waals surface area contributed by atoms with Crippen molar-refractivity contribution >= 4 is 55.0 Å². The molecule has 3 atom stereocenters. The standard InChI is InChI=1S/C35H33ClF3N9O3S/c1-18-42-17-48(45-18)34(49)46-9-2-4-20(7-11-46)51-32-22-12-24(36)27(21-5-6-25(38)30-26(21)23(14-40)31(41)52-30)28(39)29(22)43-33(44-32)50-16-35-8-3-10-47(35)15-19(37)13-35/h5-6,12,17,19-20H,2-4,7-11,13,15-16,41H2,1H3/t19-,20?,35+/m1/s1. The highest BCUT2D eigenvalue weighted by Gasteiger charge is 2.49. The molecule has 3 saturated heterocycles. The minimum absolute atomic E-state index is 0.0174. The maximum atomic E-state index is 17.0. The summed E-state index contributed by atoms with van der Waals surface area (Å²) in [7, 11) is 0. The molecule has 3 fully saturated rings. The number of carbonyl (C=O) groups is 1. The van der Waals surface area contributed by atoms with Crippen molar-refractivity contribution in [3.05, 3.63) is 52.6 Å². The maximum absolute atomic E-state index is 17.0. The minimum atomic E-state index is -0.977. The molecule has 52 heavy (non-hydrogen) atoms. The zero-order valence-corrected chi connectivity index (χ0v) is 29.6. The molecule has 3 aromatic heterocycles. The van der Waals surface area contributed by atoms with Crippen LogP contribution in [0, 0.1) is 29.9 Å². The number of rotatable bonds is 6. The number of nitriles is 1. The third kappa shape index (κ3) is 5.94. The average molecular weight is 752 g/mol. The number of anilines is 1. The Hall–Kier alpha value is -4.72. The van der Waals surface area contributed by atoms with E-state index in [1.165, 1.54) is 29.2 Å². The smallest absolute Gasteiger partial charge is 0.346 e. The van der Waals surface area contributed by atoms with Gasteiger partial charge in [0.05, 0.1) is 26.2 Å². The number of nitrogens with zero attached hydrogens (tertiary/aromatic N) is 8. The van der Waals surface area contributed by atoms with E-state index in [4.69, 9.17) is 26.8 Å². The lowest BCUT2D eigenvalue weighted by Crippen LogP contribution is -2.43. The number of nitrogen functional groups attached to an aromatic ring is 1. The van der Waals surface area contributed by atoms with Crippen molar-refractivity contribution in [3.8, 4) is 29.1 Å². The Morgan fingerprint density at radius 2 is 2.06 bits per heavy atom. The van der Waals surface area contributed by atoms with Crippen LogP contribution in [-0.2, 0) is 0 Å². The number of hydrogen-bond donors (Lipinski definition) is 1. The maximum Gasteiger partial charge on any atom is 0.346 e. The van der Waals surface area contributed by atoms with Crippen LogP contribution < -0.4 is 15.2 Å². The van der Waals surface area contributed by atoms with Crippen molar-refractivity contribution in [1.82, 2.24) is 34.5 Å². The second-order valence-electron chi connectivity index (χ2n) is 13.5. The molecule has 2 aromatic carbocycles. The van der Waals surface area contributed by atoms with E-state index in [0.717, 1.165) is 30.7 Å². The van der Waals surface area contributed by atoms with Crippen molar-refractivity contribution in [2.45, 2.75) is 63.3 Å². The highest BCUT2D eigenvalue weighted by molar-refractivity contribution is 7.23. The lowest BCUT2D eigenvalue weighted by molar-refractivity contribution is 0.106. The fourth-order valence-corrected chi connectivity index (χ4v) is 9.07. The second kappa shape index (κ2) is 13.4. The molecule has 0 spiro atoms. The van der Waals surface area contributed by atoms with Crippen molar-refractivity contribution in [3.63, 3.8) is 0 Å². The molecule has 5 aromatic rings. The SMILES string of the molecule is Cc1ncn(C(=O)N2CCCC(Oc3nc(OC[C@@]45CCCN4C[C@H](F)C5)nc4c(F)c(-c5ccc(F)c6sc(N)c(C#N)c56)c(Cl)cc34)CC2)n1. The number of aromatic nitrogens is 5. The van der Waals surface area contributed by atoms with Gasteiger partial charge in [0, 0.05) is 43.4 Å². The quantitative estimate of drug-likeness (QED) is 0.200. The van der Waals surface area contributed by atoms with E-state index in [2.05, 4.69) is 25.0 Å². The summed E-state index contributed by atoms with van der Waals surface area (Å²) >= 11 is 7.71. The monoisotopic (exact) mass is 751 g/mol. The number of carbonyl (C=O) groups excluding carboxylic acids is 1. The topological polar surface area (TPSA) is 148 Å².